The number of hydrogen-bond acceptors (Lipinski definition) is 5. The molecule has 5 heteroatoms. The molecule has 17 heavy (non-hydrogen) atoms. The van der Waals surface area contributed by atoms with Crippen molar-refractivity contribution in [3.05, 3.63) is 17.5 Å². The lowest BCUT2D eigenvalue weighted by molar-refractivity contribution is 0.109. The van der Waals surface area contributed by atoms with Crippen molar-refractivity contribution in [1.82, 2.24) is 9.97 Å². The van der Waals surface area contributed by atoms with Crippen molar-refractivity contribution in [3.63, 3.8) is 0 Å². The van der Waals surface area contributed by atoms with Crippen LogP contribution in [0.4, 0.5) is 5.95 Å². The second-order valence-electron chi connectivity index (χ2n) is 4.67. The molecule has 2 aliphatic heterocycles. The Kier molecular flexibility index (Phi) is 2.94. The molecule has 0 bridgehead atoms. The largest absolute Gasteiger partial charge is 0.376 e. The van der Waals surface area contributed by atoms with Gasteiger partial charge in [0.1, 0.15) is 0 Å². The van der Waals surface area contributed by atoms with Crippen LogP contribution < -0.4 is 10.6 Å². The van der Waals surface area contributed by atoms with E-state index in [-0.39, 0.29) is 0 Å². The van der Waals surface area contributed by atoms with E-state index in [2.05, 4.69) is 14.9 Å². The lowest BCUT2D eigenvalue weighted by Gasteiger charge is -2.25. The van der Waals surface area contributed by atoms with Crippen LogP contribution in [0, 0.1) is 0 Å². The van der Waals surface area contributed by atoms with Gasteiger partial charge in [0.25, 0.3) is 0 Å². The highest BCUT2D eigenvalue weighted by atomic mass is 16.5. The molecule has 1 saturated heterocycles. The fourth-order valence-corrected chi connectivity index (χ4v) is 2.60. The summed E-state index contributed by atoms with van der Waals surface area (Å²) < 4.78 is 5.39. The van der Waals surface area contributed by atoms with E-state index in [0.717, 1.165) is 43.2 Å². The lowest BCUT2D eigenvalue weighted by atomic mass is 10.1. The lowest BCUT2D eigenvalue weighted by Crippen LogP contribution is -2.36. The monoisotopic (exact) mass is 234 g/mol. The summed E-state index contributed by atoms with van der Waals surface area (Å²) in [6.07, 6.45) is 5.14. The van der Waals surface area contributed by atoms with Gasteiger partial charge in [-0.3, -0.25) is 0 Å². The van der Waals surface area contributed by atoms with Gasteiger partial charge in [0.05, 0.1) is 18.9 Å². The fourth-order valence-electron chi connectivity index (χ4n) is 2.60. The van der Waals surface area contributed by atoms with E-state index in [1.54, 1.807) is 0 Å². The van der Waals surface area contributed by atoms with Gasteiger partial charge in [-0.25, -0.2) is 9.97 Å². The van der Waals surface area contributed by atoms with Crippen LogP contribution in [0.25, 0.3) is 0 Å². The maximum Gasteiger partial charge on any atom is 0.225 e. The van der Waals surface area contributed by atoms with Crippen molar-refractivity contribution < 1.29 is 4.74 Å². The molecular formula is C12H18N4O. The van der Waals surface area contributed by atoms with Crippen LogP contribution in [-0.2, 0) is 17.8 Å². The molecule has 0 amide bonds. The minimum absolute atomic E-state index is 0.410. The quantitative estimate of drug-likeness (QED) is 0.806. The average molecular weight is 234 g/mol. The second-order valence-corrected chi connectivity index (χ2v) is 4.67. The Morgan fingerprint density at radius 1 is 1.53 bits per heavy atom. The summed E-state index contributed by atoms with van der Waals surface area (Å²) in [6.45, 7) is 3.13. The van der Waals surface area contributed by atoms with E-state index in [0.29, 0.717) is 19.2 Å². The smallest absolute Gasteiger partial charge is 0.225 e. The van der Waals surface area contributed by atoms with E-state index in [1.165, 1.54) is 6.42 Å². The maximum absolute atomic E-state index is 5.78. The van der Waals surface area contributed by atoms with Crippen molar-refractivity contribution >= 4 is 5.95 Å². The molecule has 2 aliphatic rings. The van der Waals surface area contributed by atoms with Gasteiger partial charge < -0.3 is 15.4 Å². The maximum atomic E-state index is 5.78. The topological polar surface area (TPSA) is 64.3 Å². The van der Waals surface area contributed by atoms with E-state index >= 15 is 0 Å². The Bertz CT molecular complexity index is 409. The van der Waals surface area contributed by atoms with Gasteiger partial charge in [0.2, 0.25) is 5.95 Å². The molecule has 92 valence electrons. The summed E-state index contributed by atoms with van der Waals surface area (Å²) in [5.41, 5.74) is 8.05. The SMILES string of the molecule is NCC1CCCN1c1ncc2c(n1)CCOC2. The number of anilines is 1. The summed E-state index contributed by atoms with van der Waals surface area (Å²) in [5.74, 6) is 0.846. The molecule has 3 rings (SSSR count). The van der Waals surface area contributed by atoms with Crippen LogP contribution in [0.3, 0.4) is 0 Å². The summed E-state index contributed by atoms with van der Waals surface area (Å²) in [5, 5.41) is 0. The van der Waals surface area contributed by atoms with Crippen molar-refractivity contribution in [3.8, 4) is 0 Å². The Labute approximate surface area is 101 Å². The van der Waals surface area contributed by atoms with Gasteiger partial charge in [-0.1, -0.05) is 0 Å². The normalized spacial score (nSPS) is 23.8. The molecule has 0 saturated carbocycles. The Morgan fingerprint density at radius 3 is 3.35 bits per heavy atom. The summed E-state index contributed by atoms with van der Waals surface area (Å²) in [7, 11) is 0. The molecule has 3 heterocycles. The Balaban J connectivity index is 1.88. The third kappa shape index (κ3) is 2.00. The molecule has 0 spiro atoms. The Hall–Kier alpha value is -1.20. The fraction of sp³-hybridized carbons (Fsp3) is 0.667. The van der Waals surface area contributed by atoms with Crippen LogP contribution >= 0.6 is 0 Å². The van der Waals surface area contributed by atoms with Crippen LogP contribution in [0.2, 0.25) is 0 Å². The van der Waals surface area contributed by atoms with E-state index in [9.17, 15) is 0 Å². The number of aromatic nitrogens is 2. The number of rotatable bonds is 2. The highest BCUT2D eigenvalue weighted by molar-refractivity contribution is 5.36. The first-order valence-corrected chi connectivity index (χ1v) is 6.27. The zero-order valence-corrected chi connectivity index (χ0v) is 9.93. The molecule has 5 nitrogen and oxygen atoms in total. The summed E-state index contributed by atoms with van der Waals surface area (Å²) in [6, 6.07) is 0.410. The standard InChI is InChI=1S/C12H18N4O/c13-6-10-2-1-4-16(10)12-14-7-9-8-17-5-3-11(9)15-12/h7,10H,1-6,8,13H2. The first-order valence-electron chi connectivity index (χ1n) is 6.27. The first kappa shape index (κ1) is 10.9. The number of nitrogens with zero attached hydrogens (tertiary/aromatic N) is 3. The molecular weight excluding hydrogens is 216 g/mol. The molecule has 0 aromatic carbocycles. The molecule has 1 aromatic heterocycles. The van der Waals surface area contributed by atoms with Gasteiger partial charge in [-0.05, 0) is 12.8 Å². The highest BCUT2D eigenvalue weighted by Gasteiger charge is 2.26. The number of hydrogen-bond donors (Lipinski definition) is 1. The third-order valence-corrected chi connectivity index (χ3v) is 3.59. The third-order valence-electron chi connectivity index (χ3n) is 3.59. The van der Waals surface area contributed by atoms with Crippen LogP contribution in [0.1, 0.15) is 24.1 Å². The molecule has 1 atom stereocenters. The van der Waals surface area contributed by atoms with Crippen molar-refractivity contribution in [2.45, 2.75) is 31.9 Å². The number of nitrogens with two attached hydrogens (primary N) is 1. The minimum Gasteiger partial charge on any atom is -0.376 e. The minimum atomic E-state index is 0.410. The predicted molar refractivity (Wildman–Crippen MR) is 64.8 cm³/mol. The average Bonchev–Trinajstić information content (AvgIpc) is 2.86. The van der Waals surface area contributed by atoms with Gasteiger partial charge in [0.15, 0.2) is 0 Å². The predicted octanol–water partition coefficient (Wildman–Crippen LogP) is 0.477. The van der Waals surface area contributed by atoms with E-state index < -0.39 is 0 Å². The first-order chi connectivity index (χ1) is 8.38. The van der Waals surface area contributed by atoms with Gasteiger partial charge in [-0.2, -0.15) is 0 Å². The highest BCUT2D eigenvalue weighted by Crippen LogP contribution is 2.23. The van der Waals surface area contributed by atoms with Gasteiger partial charge in [0, 0.05) is 37.3 Å². The summed E-state index contributed by atoms with van der Waals surface area (Å²) in [4.78, 5) is 11.4. The molecule has 1 unspecified atom stereocenters. The molecule has 0 radical (unpaired) electrons. The zero-order chi connectivity index (χ0) is 11.7. The van der Waals surface area contributed by atoms with Gasteiger partial charge >= 0.3 is 0 Å². The molecule has 2 N–H and O–H groups in total. The van der Waals surface area contributed by atoms with E-state index in [4.69, 9.17) is 10.5 Å². The van der Waals surface area contributed by atoms with Crippen molar-refractivity contribution in [2.24, 2.45) is 5.73 Å². The van der Waals surface area contributed by atoms with E-state index in [1.807, 2.05) is 6.20 Å². The van der Waals surface area contributed by atoms with Crippen LogP contribution in [0.5, 0.6) is 0 Å². The Morgan fingerprint density at radius 2 is 2.47 bits per heavy atom. The van der Waals surface area contributed by atoms with Crippen molar-refractivity contribution in [1.29, 1.82) is 0 Å². The van der Waals surface area contributed by atoms with Crippen molar-refractivity contribution in [2.75, 3.05) is 24.6 Å². The number of ether oxygens (including phenoxy) is 1. The molecule has 1 aromatic rings. The number of fused-ring (bicyclic) bond motifs is 1. The van der Waals surface area contributed by atoms with Crippen LogP contribution in [0.15, 0.2) is 6.20 Å². The van der Waals surface area contributed by atoms with Gasteiger partial charge in [-0.15, -0.1) is 0 Å². The molecule has 1 fully saturated rings. The second kappa shape index (κ2) is 4.58. The summed E-state index contributed by atoms with van der Waals surface area (Å²) >= 11 is 0. The zero-order valence-electron chi connectivity index (χ0n) is 9.93. The molecule has 0 aliphatic carbocycles. The van der Waals surface area contributed by atoms with Crippen LogP contribution in [-0.4, -0.2) is 35.7 Å².